The number of nitrogens with two attached hydrogens (primary N) is 1. The molecule has 19 heavy (non-hydrogen) atoms. The molecule has 0 atom stereocenters. The number of benzene rings is 1. The number of aryl methyl sites for hydroxylation is 1. The molecular formula is C13H19N3O3. The van der Waals surface area contributed by atoms with Crippen LogP contribution in [0.1, 0.15) is 5.56 Å². The van der Waals surface area contributed by atoms with Crippen LogP contribution in [-0.2, 0) is 9.59 Å². The van der Waals surface area contributed by atoms with Crippen molar-refractivity contribution in [2.24, 2.45) is 5.73 Å². The Balaban J connectivity index is 2.20. The molecule has 0 saturated carbocycles. The Morgan fingerprint density at radius 3 is 2.53 bits per heavy atom. The first-order chi connectivity index (χ1) is 9.13. The summed E-state index contributed by atoms with van der Waals surface area (Å²) in [5, 5.41) is 4.84. The second-order valence-electron chi connectivity index (χ2n) is 3.97. The van der Waals surface area contributed by atoms with Crippen LogP contribution in [0.15, 0.2) is 24.3 Å². The quantitative estimate of drug-likeness (QED) is 0.480. The van der Waals surface area contributed by atoms with Gasteiger partial charge in [-0.25, -0.2) is 0 Å². The van der Waals surface area contributed by atoms with Gasteiger partial charge in [-0.2, -0.15) is 0 Å². The Labute approximate surface area is 112 Å². The van der Waals surface area contributed by atoms with Crippen LogP contribution in [0.25, 0.3) is 0 Å². The summed E-state index contributed by atoms with van der Waals surface area (Å²) in [4.78, 5) is 22.5. The normalized spacial score (nSPS) is 9.79. The summed E-state index contributed by atoms with van der Waals surface area (Å²) in [5.74, 6) is -0.621. The number of hydrogen-bond acceptors (Lipinski definition) is 4. The summed E-state index contributed by atoms with van der Waals surface area (Å²) in [6.07, 6.45) is 0. The average Bonchev–Trinajstić information content (AvgIpc) is 2.40. The lowest BCUT2D eigenvalue weighted by atomic mass is 10.2. The summed E-state index contributed by atoms with van der Waals surface area (Å²) >= 11 is 0. The lowest BCUT2D eigenvalue weighted by Gasteiger charge is -2.08. The highest BCUT2D eigenvalue weighted by molar-refractivity contribution is 6.35. The Bertz CT molecular complexity index is 435. The topological polar surface area (TPSA) is 93.4 Å². The molecule has 1 rings (SSSR count). The zero-order valence-corrected chi connectivity index (χ0v) is 10.9. The maximum absolute atomic E-state index is 11.3. The fraction of sp³-hybridized carbons (Fsp3) is 0.385. The van der Waals surface area contributed by atoms with Crippen molar-refractivity contribution in [2.45, 2.75) is 6.92 Å². The molecule has 0 fully saturated rings. The van der Waals surface area contributed by atoms with E-state index in [1.54, 1.807) is 0 Å². The largest absolute Gasteiger partial charge is 0.492 e. The SMILES string of the molecule is Cc1cccc(OCCNC(=O)C(=O)NCCN)c1. The maximum atomic E-state index is 11.3. The van der Waals surface area contributed by atoms with E-state index < -0.39 is 11.8 Å². The molecule has 0 heterocycles. The minimum Gasteiger partial charge on any atom is -0.492 e. The van der Waals surface area contributed by atoms with E-state index in [0.29, 0.717) is 13.2 Å². The van der Waals surface area contributed by atoms with Gasteiger partial charge in [0.2, 0.25) is 0 Å². The van der Waals surface area contributed by atoms with Crippen LogP contribution >= 0.6 is 0 Å². The van der Waals surface area contributed by atoms with E-state index in [-0.39, 0.29) is 13.1 Å². The first kappa shape index (κ1) is 15.0. The molecule has 1 aromatic carbocycles. The van der Waals surface area contributed by atoms with Gasteiger partial charge in [0.05, 0.1) is 6.54 Å². The van der Waals surface area contributed by atoms with Crippen molar-refractivity contribution >= 4 is 11.8 Å². The van der Waals surface area contributed by atoms with Gasteiger partial charge in [-0.15, -0.1) is 0 Å². The van der Waals surface area contributed by atoms with Crippen molar-refractivity contribution < 1.29 is 14.3 Å². The Kier molecular flexibility index (Phi) is 6.38. The molecule has 0 aliphatic carbocycles. The standard InChI is InChI=1S/C13H19N3O3/c1-10-3-2-4-11(9-10)19-8-7-16-13(18)12(17)15-6-5-14/h2-4,9H,5-8,14H2,1H3,(H,15,17)(H,16,18). The third kappa shape index (κ3) is 5.87. The molecule has 0 aliphatic rings. The third-order valence-corrected chi connectivity index (χ3v) is 2.28. The fourth-order valence-corrected chi connectivity index (χ4v) is 1.38. The molecule has 0 bridgehead atoms. The van der Waals surface area contributed by atoms with E-state index in [1.807, 2.05) is 31.2 Å². The van der Waals surface area contributed by atoms with Crippen molar-refractivity contribution in [1.29, 1.82) is 0 Å². The number of nitrogens with one attached hydrogen (secondary N) is 2. The molecule has 2 amide bonds. The summed E-state index contributed by atoms with van der Waals surface area (Å²) in [6.45, 7) is 3.13. The first-order valence-corrected chi connectivity index (χ1v) is 6.09. The van der Waals surface area contributed by atoms with Crippen molar-refractivity contribution in [3.63, 3.8) is 0 Å². The Morgan fingerprint density at radius 2 is 1.89 bits per heavy atom. The van der Waals surface area contributed by atoms with Crippen LogP contribution in [0.3, 0.4) is 0 Å². The highest BCUT2D eigenvalue weighted by atomic mass is 16.5. The van der Waals surface area contributed by atoms with Crippen LogP contribution in [0, 0.1) is 6.92 Å². The molecule has 0 aromatic heterocycles. The molecule has 4 N–H and O–H groups in total. The van der Waals surface area contributed by atoms with Crippen LogP contribution in [0.2, 0.25) is 0 Å². The molecule has 0 aliphatic heterocycles. The monoisotopic (exact) mass is 265 g/mol. The number of hydrogen-bond donors (Lipinski definition) is 3. The van der Waals surface area contributed by atoms with Crippen molar-refractivity contribution in [3.05, 3.63) is 29.8 Å². The molecule has 6 nitrogen and oxygen atoms in total. The number of ether oxygens (including phenoxy) is 1. The summed E-state index contributed by atoms with van der Waals surface area (Å²) in [5.41, 5.74) is 6.31. The molecule has 6 heteroatoms. The second kappa shape index (κ2) is 8.10. The van der Waals surface area contributed by atoms with Gasteiger partial charge >= 0.3 is 11.8 Å². The molecule has 0 unspecified atom stereocenters. The third-order valence-electron chi connectivity index (χ3n) is 2.28. The molecule has 0 saturated heterocycles. The van der Waals surface area contributed by atoms with Crippen molar-refractivity contribution in [3.8, 4) is 5.75 Å². The maximum Gasteiger partial charge on any atom is 0.309 e. The smallest absolute Gasteiger partial charge is 0.309 e. The lowest BCUT2D eigenvalue weighted by Crippen LogP contribution is -2.42. The highest BCUT2D eigenvalue weighted by Gasteiger charge is 2.11. The molecule has 0 radical (unpaired) electrons. The van der Waals surface area contributed by atoms with Gasteiger partial charge < -0.3 is 21.1 Å². The lowest BCUT2D eigenvalue weighted by molar-refractivity contribution is -0.139. The summed E-state index contributed by atoms with van der Waals surface area (Å²) in [7, 11) is 0. The minimum atomic E-state index is -0.680. The molecule has 0 spiro atoms. The summed E-state index contributed by atoms with van der Waals surface area (Å²) < 4.78 is 5.43. The average molecular weight is 265 g/mol. The zero-order valence-electron chi connectivity index (χ0n) is 10.9. The number of amides is 2. The van der Waals surface area contributed by atoms with Crippen LogP contribution in [0.5, 0.6) is 5.75 Å². The Morgan fingerprint density at radius 1 is 1.21 bits per heavy atom. The molecule has 104 valence electrons. The van der Waals surface area contributed by atoms with Crippen LogP contribution < -0.4 is 21.1 Å². The van der Waals surface area contributed by atoms with E-state index in [2.05, 4.69) is 10.6 Å². The fourth-order valence-electron chi connectivity index (χ4n) is 1.38. The minimum absolute atomic E-state index is 0.267. The zero-order chi connectivity index (χ0) is 14.1. The van der Waals surface area contributed by atoms with E-state index in [9.17, 15) is 9.59 Å². The predicted molar refractivity (Wildman–Crippen MR) is 71.7 cm³/mol. The van der Waals surface area contributed by atoms with E-state index in [0.717, 1.165) is 11.3 Å². The highest BCUT2D eigenvalue weighted by Crippen LogP contribution is 2.11. The number of rotatable bonds is 6. The van der Waals surface area contributed by atoms with Crippen molar-refractivity contribution in [1.82, 2.24) is 10.6 Å². The van der Waals surface area contributed by atoms with Gasteiger partial charge in [0.15, 0.2) is 0 Å². The van der Waals surface area contributed by atoms with Gasteiger partial charge in [-0.3, -0.25) is 9.59 Å². The number of carbonyl (C=O) groups is 2. The predicted octanol–water partition coefficient (Wildman–Crippen LogP) is -0.435. The van der Waals surface area contributed by atoms with Crippen LogP contribution in [-0.4, -0.2) is 38.1 Å². The van der Waals surface area contributed by atoms with Crippen LogP contribution in [0.4, 0.5) is 0 Å². The number of carbonyl (C=O) groups excluding carboxylic acids is 2. The van der Waals surface area contributed by atoms with Gasteiger partial charge in [-0.05, 0) is 24.6 Å². The van der Waals surface area contributed by atoms with Gasteiger partial charge in [0.1, 0.15) is 12.4 Å². The Hall–Kier alpha value is -2.08. The molecule has 1 aromatic rings. The van der Waals surface area contributed by atoms with Crippen molar-refractivity contribution in [2.75, 3.05) is 26.2 Å². The van der Waals surface area contributed by atoms with Gasteiger partial charge in [0.25, 0.3) is 0 Å². The van der Waals surface area contributed by atoms with E-state index in [4.69, 9.17) is 10.5 Å². The summed E-state index contributed by atoms with van der Waals surface area (Å²) in [6, 6.07) is 7.60. The molecular weight excluding hydrogens is 246 g/mol. The van der Waals surface area contributed by atoms with Gasteiger partial charge in [0, 0.05) is 13.1 Å². The second-order valence-corrected chi connectivity index (χ2v) is 3.97. The van der Waals surface area contributed by atoms with Gasteiger partial charge in [-0.1, -0.05) is 12.1 Å². The first-order valence-electron chi connectivity index (χ1n) is 6.09. The van der Waals surface area contributed by atoms with E-state index in [1.165, 1.54) is 0 Å². The van der Waals surface area contributed by atoms with E-state index >= 15 is 0 Å².